The van der Waals surface area contributed by atoms with Gasteiger partial charge in [-0.3, -0.25) is 4.79 Å². The van der Waals surface area contributed by atoms with Crippen LogP contribution in [0.25, 0.3) is 0 Å². The minimum Gasteiger partial charge on any atom is -0.381 e. The first kappa shape index (κ1) is 14.5. The summed E-state index contributed by atoms with van der Waals surface area (Å²) in [4.78, 5) is 13.9. The molecule has 1 aliphatic rings. The third kappa shape index (κ3) is 5.04. The van der Waals surface area contributed by atoms with E-state index in [2.05, 4.69) is 12.2 Å². The molecule has 1 fully saturated rings. The molecule has 1 amide bonds. The third-order valence-corrected chi connectivity index (χ3v) is 3.28. The quantitative estimate of drug-likeness (QED) is 0.759. The molecule has 1 rings (SSSR count). The molecule has 4 heteroatoms. The molecule has 0 aromatic rings. The van der Waals surface area contributed by atoms with Gasteiger partial charge < -0.3 is 15.0 Å². The van der Waals surface area contributed by atoms with Crippen LogP contribution in [0, 0.1) is 11.8 Å². The predicted molar refractivity (Wildman–Crippen MR) is 68.9 cm³/mol. The van der Waals surface area contributed by atoms with Crippen LogP contribution in [0.2, 0.25) is 0 Å². The van der Waals surface area contributed by atoms with Crippen molar-refractivity contribution >= 4 is 5.91 Å². The molecule has 1 saturated heterocycles. The highest BCUT2D eigenvalue weighted by molar-refractivity contribution is 5.78. The van der Waals surface area contributed by atoms with Gasteiger partial charge >= 0.3 is 0 Å². The minimum atomic E-state index is 0.0597. The maximum Gasteiger partial charge on any atom is 0.226 e. The Labute approximate surface area is 105 Å². The molecule has 1 heterocycles. The Morgan fingerprint density at radius 3 is 2.94 bits per heavy atom. The first-order valence-electron chi connectivity index (χ1n) is 6.68. The maximum atomic E-state index is 12.1. The van der Waals surface area contributed by atoms with Crippen molar-refractivity contribution in [3.05, 3.63) is 0 Å². The summed E-state index contributed by atoms with van der Waals surface area (Å²) in [6.07, 6.45) is 2.30. The second-order valence-corrected chi connectivity index (χ2v) is 5.01. The van der Waals surface area contributed by atoms with Crippen LogP contribution in [0.1, 0.15) is 26.7 Å². The molecular weight excluding hydrogens is 216 g/mol. The summed E-state index contributed by atoms with van der Waals surface area (Å²) in [6, 6.07) is 0. The van der Waals surface area contributed by atoms with E-state index in [-0.39, 0.29) is 11.8 Å². The fourth-order valence-electron chi connectivity index (χ4n) is 2.25. The molecule has 2 atom stereocenters. The predicted octanol–water partition coefficient (Wildman–Crippen LogP) is 1.12. The van der Waals surface area contributed by atoms with Crippen LogP contribution in [-0.4, -0.2) is 50.7 Å². The van der Waals surface area contributed by atoms with Gasteiger partial charge in [-0.05, 0) is 25.3 Å². The minimum absolute atomic E-state index is 0.0597. The SMILES string of the molecule is CCNCC(C)C(=O)N(C)CC1CCCOC1. The molecule has 2 unspecified atom stereocenters. The summed E-state index contributed by atoms with van der Waals surface area (Å²) in [5.74, 6) is 0.810. The van der Waals surface area contributed by atoms with E-state index in [1.807, 2.05) is 18.9 Å². The summed E-state index contributed by atoms with van der Waals surface area (Å²) in [5, 5.41) is 3.22. The van der Waals surface area contributed by atoms with Crippen LogP contribution in [-0.2, 0) is 9.53 Å². The summed E-state index contributed by atoms with van der Waals surface area (Å²) in [5.41, 5.74) is 0. The molecule has 0 saturated carbocycles. The van der Waals surface area contributed by atoms with Crippen LogP contribution in [0.3, 0.4) is 0 Å². The molecule has 0 aromatic heterocycles. The third-order valence-electron chi connectivity index (χ3n) is 3.28. The second kappa shape index (κ2) is 7.67. The van der Waals surface area contributed by atoms with E-state index in [0.29, 0.717) is 5.92 Å². The van der Waals surface area contributed by atoms with Crippen molar-refractivity contribution in [2.45, 2.75) is 26.7 Å². The van der Waals surface area contributed by atoms with Gasteiger partial charge in [-0.15, -0.1) is 0 Å². The van der Waals surface area contributed by atoms with Crippen molar-refractivity contribution in [3.63, 3.8) is 0 Å². The lowest BCUT2D eigenvalue weighted by Crippen LogP contribution is -2.40. The summed E-state index contributed by atoms with van der Waals surface area (Å²) >= 11 is 0. The van der Waals surface area contributed by atoms with Gasteiger partial charge in [-0.1, -0.05) is 13.8 Å². The number of nitrogens with zero attached hydrogens (tertiary/aromatic N) is 1. The number of carbonyl (C=O) groups excluding carboxylic acids is 1. The Morgan fingerprint density at radius 2 is 2.35 bits per heavy atom. The molecule has 1 aliphatic heterocycles. The molecule has 4 nitrogen and oxygen atoms in total. The van der Waals surface area contributed by atoms with Crippen LogP contribution < -0.4 is 5.32 Å². The number of hydrogen-bond donors (Lipinski definition) is 1. The lowest BCUT2D eigenvalue weighted by atomic mass is 10.0. The summed E-state index contributed by atoms with van der Waals surface area (Å²) in [7, 11) is 1.90. The summed E-state index contributed by atoms with van der Waals surface area (Å²) in [6.45, 7) is 8.23. The number of nitrogens with one attached hydrogen (secondary N) is 1. The monoisotopic (exact) mass is 242 g/mol. The van der Waals surface area contributed by atoms with Crippen molar-refractivity contribution in [2.24, 2.45) is 11.8 Å². The molecule has 100 valence electrons. The average molecular weight is 242 g/mol. The molecule has 0 spiro atoms. The lowest BCUT2D eigenvalue weighted by molar-refractivity contribution is -0.134. The van der Waals surface area contributed by atoms with Crippen molar-refractivity contribution in [2.75, 3.05) is 39.9 Å². The fourth-order valence-corrected chi connectivity index (χ4v) is 2.25. The first-order chi connectivity index (χ1) is 8.15. The highest BCUT2D eigenvalue weighted by atomic mass is 16.5. The Hall–Kier alpha value is -0.610. The highest BCUT2D eigenvalue weighted by Crippen LogP contribution is 2.15. The van der Waals surface area contributed by atoms with E-state index in [9.17, 15) is 4.79 Å². The Bertz CT molecular complexity index is 227. The molecule has 0 aliphatic carbocycles. The number of rotatable bonds is 6. The van der Waals surface area contributed by atoms with Crippen molar-refractivity contribution in [3.8, 4) is 0 Å². The number of amides is 1. The Balaban J connectivity index is 2.29. The van der Waals surface area contributed by atoms with Crippen LogP contribution in [0.4, 0.5) is 0 Å². The van der Waals surface area contributed by atoms with E-state index in [1.165, 1.54) is 6.42 Å². The molecular formula is C13H26N2O2. The van der Waals surface area contributed by atoms with Crippen LogP contribution >= 0.6 is 0 Å². The van der Waals surface area contributed by atoms with Gasteiger partial charge in [0, 0.05) is 32.7 Å². The average Bonchev–Trinajstić information content (AvgIpc) is 2.36. The van der Waals surface area contributed by atoms with Gasteiger partial charge in [0.25, 0.3) is 0 Å². The Kier molecular flexibility index (Phi) is 6.52. The smallest absolute Gasteiger partial charge is 0.226 e. The largest absolute Gasteiger partial charge is 0.381 e. The van der Waals surface area contributed by atoms with E-state index < -0.39 is 0 Å². The number of hydrogen-bond acceptors (Lipinski definition) is 3. The zero-order valence-corrected chi connectivity index (χ0v) is 11.4. The van der Waals surface area contributed by atoms with Gasteiger partial charge in [-0.2, -0.15) is 0 Å². The molecule has 0 bridgehead atoms. The topological polar surface area (TPSA) is 41.6 Å². The molecule has 0 aromatic carbocycles. The van der Waals surface area contributed by atoms with E-state index in [4.69, 9.17) is 4.74 Å². The zero-order chi connectivity index (χ0) is 12.7. The second-order valence-electron chi connectivity index (χ2n) is 5.01. The summed E-state index contributed by atoms with van der Waals surface area (Å²) < 4.78 is 5.44. The zero-order valence-electron chi connectivity index (χ0n) is 11.4. The molecule has 17 heavy (non-hydrogen) atoms. The van der Waals surface area contributed by atoms with Gasteiger partial charge in [-0.25, -0.2) is 0 Å². The Morgan fingerprint density at radius 1 is 1.59 bits per heavy atom. The molecule has 1 N–H and O–H groups in total. The van der Waals surface area contributed by atoms with E-state index in [0.717, 1.165) is 39.3 Å². The van der Waals surface area contributed by atoms with Gasteiger partial charge in [0.15, 0.2) is 0 Å². The van der Waals surface area contributed by atoms with Gasteiger partial charge in [0.05, 0.1) is 6.61 Å². The maximum absolute atomic E-state index is 12.1. The van der Waals surface area contributed by atoms with Crippen molar-refractivity contribution < 1.29 is 9.53 Å². The number of carbonyl (C=O) groups is 1. The van der Waals surface area contributed by atoms with Crippen LogP contribution in [0.15, 0.2) is 0 Å². The molecule has 0 radical (unpaired) electrons. The van der Waals surface area contributed by atoms with Gasteiger partial charge in [0.2, 0.25) is 5.91 Å². The standard InChI is InChI=1S/C13H26N2O2/c1-4-14-8-11(2)13(16)15(3)9-12-6-5-7-17-10-12/h11-12,14H,4-10H2,1-3H3. The van der Waals surface area contributed by atoms with E-state index >= 15 is 0 Å². The van der Waals surface area contributed by atoms with Crippen molar-refractivity contribution in [1.29, 1.82) is 0 Å². The van der Waals surface area contributed by atoms with Gasteiger partial charge in [0.1, 0.15) is 0 Å². The lowest BCUT2D eigenvalue weighted by Gasteiger charge is -2.28. The first-order valence-corrected chi connectivity index (χ1v) is 6.68. The normalized spacial score (nSPS) is 22.2. The fraction of sp³-hybridized carbons (Fsp3) is 0.923. The van der Waals surface area contributed by atoms with E-state index in [1.54, 1.807) is 0 Å². The highest BCUT2D eigenvalue weighted by Gasteiger charge is 2.21. The number of ether oxygens (including phenoxy) is 1. The van der Waals surface area contributed by atoms with Crippen LogP contribution in [0.5, 0.6) is 0 Å². The van der Waals surface area contributed by atoms with Crippen molar-refractivity contribution in [1.82, 2.24) is 10.2 Å².